The highest BCUT2D eigenvalue weighted by Gasteiger charge is 2.28. The molecule has 1 N–H and O–H groups in total. The van der Waals surface area contributed by atoms with Crippen LogP contribution in [0.5, 0.6) is 0 Å². The van der Waals surface area contributed by atoms with Crippen LogP contribution in [-0.4, -0.2) is 23.9 Å². The van der Waals surface area contributed by atoms with Gasteiger partial charge in [0.1, 0.15) is 0 Å². The lowest BCUT2D eigenvalue weighted by molar-refractivity contribution is -0.117. The largest absolute Gasteiger partial charge is 0.325 e. The number of hydrogen-bond acceptors (Lipinski definition) is 3. The van der Waals surface area contributed by atoms with E-state index in [1.54, 1.807) is 11.3 Å². The van der Waals surface area contributed by atoms with Crippen LogP contribution < -0.4 is 5.32 Å². The van der Waals surface area contributed by atoms with E-state index >= 15 is 0 Å². The molecule has 1 aromatic carbocycles. The van der Waals surface area contributed by atoms with Crippen LogP contribution in [0.4, 0.5) is 5.69 Å². The topological polar surface area (TPSA) is 32.3 Å². The predicted octanol–water partition coefficient (Wildman–Crippen LogP) is 4.14. The summed E-state index contributed by atoms with van der Waals surface area (Å²) in [5.41, 5.74) is 3.25. The van der Waals surface area contributed by atoms with E-state index in [1.807, 2.05) is 12.1 Å². The highest BCUT2D eigenvalue weighted by molar-refractivity contribution is 7.10. The maximum atomic E-state index is 12.4. The summed E-state index contributed by atoms with van der Waals surface area (Å²) in [6.07, 6.45) is 2.32. The molecular weight excluding hydrogens is 292 g/mol. The number of carbonyl (C=O) groups excluding carboxylic acids is 1. The van der Waals surface area contributed by atoms with Crippen molar-refractivity contribution in [3.63, 3.8) is 0 Å². The molecule has 0 bridgehead atoms. The molecule has 0 radical (unpaired) electrons. The summed E-state index contributed by atoms with van der Waals surface area (Å²) in [6.45, 7) is 5.57. The van der Waals surface area contributed by atoms with E-state index in [2.05, 4.69) is 47.6 Å². The first-order valence-electron chi connectivity index (χ1n) is 7.77. The Morgan fingerprint density at radius 3 is 2.77 bits per heavy atom. The van der Waals surface area contributed by atoms with Gasteiger partial charge in [-0.05, 0) is 67.9 Å². The van der Waals surface area contributed by atoms with Crippen LogP contribution in [0.1, 0.15) is 34.9 Å². The van der Waals surface area contributed by atoms with Gasteiger partial charge < -0.3 is 5.32 Å². The number of benzene rings is 1. The molecule has 1 aliphatic rings. The zero-order valence-electron chi connectivity index (χ0n) is 13.1. The number of nitrogens with one attached hydrogen (secondary N) is 1. The summed E-state index contributed by atoms with van der Waals surface area (Å²) in [6, 6.07) is 10.8. The summed E-state index contributed by atoms with van der Waals surface area (Å²) in [4.78, 5) is 16.0. The van der Waals surface area contributed by atoms with Gasteiger partial charge in [0.05, 0.1) is 6.54 Å². The fraction of sp³-hybridized carbons (Fsp3) is 0.389. The molecule has 22 heavy (non-hydrogen) atoms. The molecule has 2 aromatic rings. The molecule has 0 unspecified atom stereocenters. The lowest BCUT2D eigenvalue weighted by Crippen LogP contribution is -2.32. The minimum atomic E-state index is 0.0773. The molecule has 3 nitrogen and oxygen atoms in total. The summed E-state index contributed by atoms with van der Waals surface area (Å²) < 4.78 is 0. The van der Waals surface area contributed by atoms with Crippen molar-refractivity contribution in [3.05, 3.63) is 51.7 Å². The first-order chi connectivity index (χ1) is 10.6. The highest BCUT2D eigenvalue weighted by Crippen LogP contribution is 2.34. The predicted molar refractivity (Wildman–Crippen MR) is 92.4 cm³/mol. The van der Waals surface area contributed by atoms with E-state index in [1.165, 1.54) is 22.4 Å². The molecule has 0 aliphatic carbocycles. The minimum absolute atomic E-state index is 0.0773. The highest BCUT2D eigenvalue weighted by atomic mass is 32.1. The number of anilines is 1. The van der Waals surface area contributed by atoms with Crippen LogP contribution in [0, 0.1) is 13.8 Å². The fourth-order valence-corrected chi connectivity index (χ4v) is 4.15. The molecule has 3 rings (SSSR count). The molecular formula is C18H22N2OS. The van der Waals surface area contributed by atoms with Crippen LogP contribution in [-0.2, 0) is 4.79 Å². The smallest absolute Gasteiger partial charge is 0.238 e. The molecule has 1 amide bonds. The Labute approximate surface area is 136 Å². The molecule has 1 aromatic heterocycles. The zero-order chi connectivity index (χ0) is 15.5. The number of amides is 1. The van der Waals surface area contributed by atoms with Gasteiger partial charge in [0, 0.05) is 16.6 Å². The molecule has 0 spiro atoms. The van der Waals surface area contributed by atoms with Crippen molar-refractivity contribution in [2.75, 3.05) is 18.4 Å². The number of rotatable bonds is 4. The molecule has 116 valence electrons. The Hall–Kier alpha value is -1.65. The van der Waals surface area contributed by atoms with E-state index in [-0.39, 0.29) is 5.91 Å². The van der Waals surface area contributed by atoms with Crippen molar-refractivity contribution in [1.82, 2.24) is 4.90 Å². The van der Waals surface area contributed by atoms with Gasteiger partial charge in [0.25, 0.3) is 0 Å². The Morgan fingerprint density at radius 2 is 2.09 bits per heavy atom. The summed E-state index contributed by atoms with van der Waals surface area (Å²) in [5, 5.41) is 5.15. The maximum Gasteiger partial charge on any atom is 0.238 e. The quantitative estimate of drug-likeness (QED) is 0.920. The van der Waals surface area contributed by atoms with Crippen LogP contribution in [0.3, 0.4) is 0 Å². The third-order valence-electron chi connectivity index (χ3n) is 4.09. The van der Waals surface area contributed by atoms with Crippen LogP contribution in [0.15, 0.2) is 35.7 Å². The van der Waals surface area contributed by atoms with Crippen molar-refractivity contribution in [2.24, 2.45) is 0 Å². The van der Waals surface area contributed by atoms with Crippen molar-refractivity contribution >= 4 is 22.9 Å². The van der Waals surface area contributed by atoms with E-state index in [0.717, 1.165) is 18.7 Å². The Balaban J connectivity index is 1.63. The van der Waals surface area contributed by atoms with Gasteiger partial charge in [-0.2, -0.15) is 0 Å². The molecule has 1 fully saturated rings. The number of aryl methyl sites for hydroxylation is 2. The lowest BCUT2D eigenvalue weighted by atomic mass is 10.1. The molecule has 1 aliphatic heterocycles. The second-order valence-electron chi connectivity index (χ2n) is 6.07. The van der Waals surface area contributed by atoms with Gasteiger partial charge in [-0.25, -0.2) is 0 Å². The summed E-state index contributed by atoms with van der Waals surface area (Å²) in [5.74, 6) is 0.0773. The summed E-state index contributed by atoms with van der Waals surface area (Å²) in [7, 11) is 0. The SMILES string of the molecule is Cc1cc(C)cc(NC(=O)CN2CCC[C@H]2c2cccs2)c1. The van der Waals surface area contributed by atoms with E-state index in [4.69, 9.17) is 0 Å². The van der Waals surface area contributed by atoms with Crippen molar-refractivity contribution in [2.45, 2.75) is 32.7 Å². The lowest BCUT2D eigenvalue weighted by Gasteiger charge is -2.23. The number of hydrogen-bond donors (Lipinski definition) is 1. The van der Waals surface area contributed by atoms with Gasteiger partial charge in [-0.1, -0.05) is 12.1 Å². The van der Waals surface area contributed by atoms with Crippen LogP contribution in [0.25, 0.3) is 0 Å². The average Bonchev–Trinajstić information content (AvgIpc) is 3.07. The molecule has 1 atom stereocenters. The molecule has 1 saturated heterocycles. The first-order valence-corrected chi connectivity index (χ1v) is 8.65. The fourth-order valence-electron chi connectivity index (χ4n) is 3.25. The number of nitrogens with zero attached hydrogens (tertiary/aromatic N) is 1. The Kier molecular flexibility index (Phi) is 4.60. The number of carbonyl (C=O) groups is 1. The molecule has 4 heteroatoms. The Bertz CT molecular complexity index is 631. The third-order valence-corrected chi connectivity index (χ3v) is 5.06. The monoisotopic (exact) mass is 314 g/mol. The van der Waals surface area contributed by atoms with E-state index < -0.39 is 0 Å². The Morgan fingerprint density at radius 1 is 1.32 bits per heavy atom. The van der Waals surface area contributed by atoms with Crippen molar-refractivity contribution in [3.8, 4) is 0 Å². The minimum Gasteiger partial charge on any atom is -0.325 e. The first kappa shape index (κ1) is 15.3. The van der Waals surface area contributed by atoms with Gasteiger partial charge in [-0.15, -0.1) is 11.3 Å². The van der Waals surface area contributed by atoms with Crippen LogP contribution in [0.2, 0.25) is 0 Å². The van der Waals surface area contributed by atoms with Gasteiger partial charge in [0.2, 0.25) is 5.91 Å². The zero-order valence-corrected chi connectivity index (χ0v) is 14.0. The van der Waals surface area contributed by atoms with Crippen LogP contribution >= 0.6 is 11.3 Å². The van der Waals surface area contributed by atoms with Gasteiger partial charge in [0.15, 0.2) is 0 Å². The molecule has 2 heterocycles. The van der Waals surface area contributed by atoms with Gasteiger partial charge in [-0.3, -0.25) is 9.69 Å². The van der Waals surface area contributed by atoms with Gasteiger partial charge >= 0.3 is 0 Å². The third kappa shape index (κ3) is 3.57. The van der Waals surface area contributed by atoms with Crippen molar-refractivity contribution in [1.29, 1.82) is 0 Å². The van der Waals surface area contributed by atoms with Crippen molar-refractivity contribution < 1.29 is 4.79 Å². The average molecular weight is 314 g/mol. The standard InChI is InChI=1S/C18H22N2OS/c1-13-9-14(2)11-15(10-13)19-18(21)12-20-7-3-5-16(20)17-6-4-8-22-17/h4,6,8-11,16H,3,5,7,12H2,1-2H3,(H,19,21)/t16-/m0/s1. The molecule has 0 saturated carbocycles. The second-order valence-corrected chi connectivity index (χ2v) is 7.05. The summed E-state index contributed by atoms with van der Waals surface area (Å²) >= 11 is 1.79. The number of thiophene rings is 1. The van der Waals surface area contributed by atoms with E-state index in [0.29, 0.717) is 12.6 Å². The van der Waals surface area contributed by atoms with E-state index in [9.17, 15) is 4.79 Å². The number of likely N-dealkylation sites (tertiary alicyclic amines) is 1. The second kappa shape index (κ2) is 6.63. The normalized spacial score (nSPS) is 18.5. The maximum absolute atomic E-state index is 12.4.